The third-order valence-electron chi connectivity index (χ3n) is 0.733. The molecule has 10 heavy (non-hydrogen) atoms. The molecule has 0 heterocycles. The minimum Gasteiger partial charge on any atom is -0.412 e. The fraction of sp³-hybridized carbons (Fsp3) is 0. The van der Waals surface area contributed by atoms with Gasteiger partial charge in [-0.3, -0.25) is 0 Å². The van der Waals surface area contributed by atoms with Crippen molar-refractivity contribution in [2.24, 2.45) is 0 Å². The summed E-state index contributed by atoms with van der Waals surface area (Å²) in [6, 6.07) is 10.2. The Labute approximate surface area is 86.5 Å². The third kappa shape index (κ3) is 6.61. The molecule has 1 nitrogen and oxygen atoms in total. The highest BCUT2D eigenvalue weighted by Gasteiger charge is 1.74. The molecule has 0 aliphatic rings. The predicted molar refractivity (Wildman–Crippen MR) is 57.3 cm³/mol. The van der Waals surface area contributed by atoms with Gasteiger partial charge in [0.15, 0.2) is 0 Å². The second kappa shape index (κ2) is 9.49. The zero-order valence-electron chi connectivity index (χ0n) is 5.08. The fourth-order valence-corrected chi connectivity index (χ4v) is 0.830. The summed E-state index contributed by atoms with van der Waals surface area (Å²) >= 11 is 2.28. The first kappa shape index (κ1) is 16.8. The van der Waals surface area contributed by atoms with Crippen LogP contribution in [-0.4, -0.2) is 5.48 Å². The Morgan fingerprint density at radius 2 is 1.30 bits per heavy atom. The van der Waals surface area contributed by atoms with Gasteiger partial charge in [-0.1, -0.05) is 18.2 Å². The molecule has 0 saturated carbocycles. The minimum atomic E-state index is 0. The predicted octanol–water partition coefficient (Wildman–Crippen LogP) is 2.31. The zero-order valence-corrected chi connectivity index (χ0v) is 8.87. The monoisotopic (exact) mass is 294 g/mol. The van der Waals surface area contributed by atoms with Gasteiger partial charge in [0, 0.05) is 3.57 Å². The van der Waals surface area contributed by atoms with E-state index in [9.17, 15) is 0 Å². The van der Waals surface area contributed by atoms with Crippen molar-refractivity contribution in [2.75, 3.05) is 0 Å². The first-order chi connectivity index (χ1) is 3.39. The molecule has 1 rings (SSSR count). The molecule has 4 heteroatoms. The van der Waals surface area contributed by atoms with Crippen LogP contribution >= 0.6 is 47.4 Å². The van der Waals surface area contributed by atoms with E-state index in [2.05, 4.69) is 34.7 Å². The molecular weight excluding hydrogens is 286 g/mol. The van der Waals surface area contributed by atoms with Crippen molar-refractivity contribution in [1.29, 1.82) is 0 Å². The molecule has 1 aromatic rings. The Bertz CT molecular complexity index is 146. The highest BCUT2D eigenvalue weighted by Crippen LogP contribution is 1.99. The topological polar surface area (TPSA) is 31.5 Å². The van der Waals surface area contributed by atoms with Crippen molar-refractivity contribution in [1.82, 2.24) is 0 Å². The van der Waals surface area contributed by atoms with E-state index in [0.717, 1.165) is 0 Å². The van der Waals surface area contributed by atoms with E-state index in [0.29, 0.717) is 0 Å². The Morgan fingerprint density at radius 1 is 0.900 bits per heavy atom. The normalized spacial score (nSPS) is 6.10. The smallest absolute Gasteiger partial charge is 0.0130 e. The molecule has 0 unspecified atom stereocenters. The molecule has 0 aliphatic carbocycles. The lowest BCUT2D eigenvalue weighted by atomic mass is 10.4. The molecule has 0 fully saturated rings. The molecule has 0 spiro atoms. The van der Waals surface area contributed by atoms with Crippen LogP contribution in [0.4, 0.5) is 0 Å². The van der Waals surface area contributed by atoms with Crippen LogP contribution in [0.3, 0.4) is 0 Å². The molecule has 0 atom stereocenters. The van der Waals surface area contributed by atoms with E-state index in [1.807, 2.05) is 18.2 Å². The van der Waals surface area contributed by atoms with Gasteiger partial charge in [0.25, 0.3) is 0 Å². The fourth-order valence-electron chi connectivity index (χ4n) is 0.415. The summed E-state index contributed by atoms with van der Waals surface area (Å²) in [7, 11) is 0. The van der Waals surface area contributed by atoms with Gasteiger partial charge < -0.3 is 5.48 Å². The number of rotatable bonds is 0. The van der Waals surface area contributed by atoms with Crippen LogP contribution in [0.15, 0.2) is 30.3 Å². The maximum atomic E-state index is 2.28. The molecule has 0 radical (unpaired) electrons. The summed E-state index contributed by atoms with van der Waals surface area (Å²) in [6.45, 7) is 0. The van der Waals surface area contributed by atoms with Gasteiger partial charge in [-0.2, -0.15) is 0 Å². The van der Waals surface area contributed by atoms with Crippen molar-refractivity contribution in [3.8, 4) is 0 Å². The van der Waals surface area contributed by atoms with Gasteiger partial charge in [0.05, 0.1) is 0 Å². The summed E-state index contributed by atoms with van der Waals surface area (Å²) in [5.74, 6) is 0. The van der Waals surface area contributed by atoms with E-state index in [4.69, 9.17) is 0 Å². The molecule has 60 valence electrons. The van der Waals surface area contributed by atoms with Gasteiger partial charge in [-0.05, 0) is 34.7 Å². The average Bonchev–Trinajstić information content (AvgIpc) is 1.69. The second-order valence-electron chi connectivity index (χ2n) is 1.30. The quantitative estimate of drug-likeness (QED) is 0.658. The number of benzene rings is 1. The van der Waals surface area contributed by atoms with Crippen molar-refractivity contribution in [3.05, 3.63) is 33.9 Å². The lowest BCUT2D eigenvalue weighted by Crippen LogP contribution is -1.61. The van der Waals surface area contributed by atoms with E-state index < -0.39 is 0 Å². The Balaban J connectivity index is -0.000000163. The minimum absolute atomic E-state index is 0. The molecule has 0 saturated heterocycles. The lowest BCUT2D eigenvalue weighted by Gasteiger charge is -1.80. The van der Waals surface area contributed by atoms with Crippen LogP contribution in [0.1, 0.15) is 0 Å². The van der Waals surface area contributed by atoms with Crippen molar-refractivity contribution < 1.29 is 5.48 Å². The van der Waals surface area contributed by atoms with Crippen LogP contribution < -0.4 is 0 Å². The van der Waals surface area contributed by atoms with Crippen molar-refractivity contribution >= 4 is 47.4 Å². The van der Waals surface area contributed by atoms with Crippen LogP contribution in [0.25, 0.3) is 0 Å². The van der Waals surface area contributed by atoms with E-state index >= 15 is 0 Å². The molecular formula is C6H9Cl2IO. The average molecular weight is 295 g/mol. The van der Waals surface area contributed by atoms with Gasteiger partial charge in [-0.15, -0.1) is 24.8 Å². The van der Waals surface area contributed by atoms with Crippen molar-refractivity contribution in [2.45, 2.75) is 0 Å². The van der Waals surface area contributed by atoms with E-state index in [1.165, 1.54) is 3.57 Å². The summed E-state index contributed by atoms with van der Waals surface area (Å²) in [5, 5.41) is 0. The number of hydrogen-bond acceptors (Lipinski definition) is 0. The first-order valence-corrected chi connectivity index (χ1v) is 3.18. The number of hydrogen-bond donors (Lipinski definition) is 0. The molecule has 0 bridgehead atoms. The zero-order chi connectivity index (χ0) is 5.11. The summed E-state index contributed by atoms with van der Waals surface area (Å²) < 4.78 is 1.29. The van der Waals surface area contributed by atoms with Crippen LogP contribution in [0.2, 0.25) is 0 Å². The van der Waals surface area contributed by atoms with E-state index in [-0.39, 0.29) is 30.3 Å². The standard InChI is InChI=1S/C6H5I.2ClH.H2O/c7-6-4-2-1-3-5-6;;;/h1-5H;2*1H;1H2. The van der Waals surface area contributed by atoms with Gasteiger partial charge in [0.2, 0.25) is 0 Å². The van der Waals surface area contributed by atoms with Crippen molar-refractivity contribution in [3.63, 3.8) is 0 Å². The van der Waals surface area contributed by atoms with Gasteiger partial charge in [0.1, 0.15) is 0 Å². The highest BCUT2D eigenvalue weighted by atomic mass is 127. The Kier molecular flexibility index (Phi) is 16.0. The van der Waals surface area contributed by atoms with Crippen LogP contribution in [0.5, 0.6) is 0 Å². The SMILES string of the molecule is Cl.Cl.Ic1ccccc1.O. The molecule has 0 aromatic heterocycles. The summed E-state index contributed by atoms with van der Waals surface area (Å²) in [6.07, 6.45) is 0. The second-order valence-corrected chi connectivity index (χ2v) is 2.54. The Morgan fingerprint density at radius 3 is 1.50 bits per heavy atom. The summed E-state index contributed by atoms with van der Waals surface area (Å²) in [4.78, 5) is 0. The maximum absolute atomic E-state index is 2.28. The highest BCUT2D eigenvalue weighted by molar-refractivity contribution is 14.1. The largest absolute Gasteiger partial charge is 0.412 e. The van der Waals surface area contributed by atoms with E-state index in [1.54, 1.807) is 0 Å². The lowest BCUT2D eigenvalue weighted by molar-refractivity contribution is 0.824. The molecule has 0 aliphatic heterocycles. The molecule has 0 amide bonds. The maximum Gasteiger partial charge on any atom is 0.0130 e. The molecule has 1 aromatic carbocycles. The summed E-state index contributed by atoms with van der Waals surface area (Å²) in [5.41, 5.74) is 0. The van der Waals surface area contributed by atoms with Gasteiger partial charge >= 0.3 is 0 Å². The van der Waals surface area contributed by atoms with Crippen LogP contribution in [-0.2, 0) is 0 Å². The van der Waals surface area contributed by atoms with Gasteiger partial charge in [-0.25, -0.2) is 0 Å². The third-order valence-corrected chi connectivity index (χ3v) is 1.45. The number of halogens is 3. The molecule has 2 N–H and O–H groups in total. The Hall–Kier alpha value is 0.490. The van der Waals surface area contributed by atoms with Crippen LogP contribution in [0, 0.1) is 3.57 Å². The first-order valence-electron chi connectivity index (χ1n) is 2.10.